The SMILES string of the molecule is O=c1cc(CSc2nnc(-c3ccccc3Cl)n2NCc2ccc(O)cc2)occ1O. The Kier molecular flexibility index (Phi) is 6.15. The fourth-order valence-electron chi connectivity index (χ4n) is 2.76. The van der Waals surface area contributed by atoms with Crippen LogP contribution in [0.2, 0.25) is 5.02 Å². The van der Waals surface area contributed by atoms with Crippen molar-refractivity contribution in [3.05, 3.63) is 87.4 Å². The molecule has 0 spiro atoms. The molecule has 2 aromatic carbocycles. The number of aromatic hydroxyl groups is 2. The Labute approximate surface area is 186 Å². The molecule has 3 N–H and O–H groups in total. The molecule has 0 radical (unpaired) electrons. The minimum absolute atomic E-state index is 0.191. The lowest BCUT2D eigenvalue weighted by Crippen LogP contribution is -2.17. The van der Waals surface area contributed by atoms with Crippen LogP contribution in [0, 0.1) is 0 Å². The van der Waals surface area contributed by atoms with E-state index in [-0.39, 0.29) is 5.75 Å². The molecule has 0 amide bonds. The molecule has 2 heterocycles. The summed E-state index contributed by atoms with van der Waals surface area (Å²) >= 11 is 7.67. The molecule has 0 aliphatic heterocycles. The van der Waals surface area contributed by atoms with Crippen molar-refractivity contribution in [2.75, 3.05) is 5.43 Å². The van der Waals surface area contributed by atoms with E-state index in [0.29, 0.717) is 39.6 Å². The van der Waals surface area contributed by atoms with Crippen molar-refractivity contribution < 1.29 is 14.6 Å². The first-order valence-corrected chi connectivity index (χ1v) is 10.5. The van der Waals surface area contributed by atoms with E-state index in [0.717, 1.165) is 11.8 Å². The summed E-state index contributed by atoms with van der Waals surface area (Å²) in [6, 6.07) is 15.4. The van der Waals surface area contributed by atoms with Gasteiger partial charge in [-0.3, -0.25) is 4.79 Å². The molecule has 10 heteroatoms. The lowest BCUT2D eigenvalue weighted by molar-refractivity contribution is 0.419. The monoisotopic (exact) mass is 456 g/mol. The minimum Gasteiger partial charge on any atom is -0.508 e. The topological polar surface area (TPSA) is 113 Å². The van der Waals surface area contributed by atoms with E-state index in [4.69, 9.17) is 16.0 Å². The van der Waals surface area contributed by atoms with Crippen LogP contribution in [0.15, 0.2) is 75.2 Å². The maximum atomic E-state index is 11.6. The number of nitrogens with zero attached hydrogens (tertiary/aromatic N) is 3. The van der Waals surface area contributed by atoms with Crippen molar-refractivity contribution in [2.45, 2.75) is 17.5 Å². The van der Waals surface area contributed by atoms with Gasteiger partial charge < -0.3 is 20.1 Å². The average molecular weight is 457 g/mol. The number of phenols is 1. The highest BCUT2D eigenvalue weighted by Crippen LogP contribution is 2.29. The number of benzene rings is 2. The van der Waals surface area contributed by atoms with Gasteiger partial charge in [-0.25, -0.2) is 4.68 Å². The number of aromatic nitrogens is 3. The van der Waals surface area contributed by atoms with Crippen molar-refractivity contribution >= 4 is 23.4 Å². The first-order valence-electron chi connectivity index (χ1n) is 9.17. The largest absolute Gasteiger partial charge is 0.508 e. The van der Waals surface area contributed by atoms with Gasteiger partial charge in [-0.2, -0.15) is 0 Å². The van der Waals surface area contributed by atoms with Gasteiger partial charge in [-0.1, -0.05) is 47.6 Å². The van der Waals surface area contributed by atoms with E-state index < -0.39 is 11.2 Å². The lowest BCUT2D eigenvalue weighted by atomic mass is 10.2. The van der Waals surface area contributed by atoms with Gasteiger partial charge in [-0.15, -0.1) is 10.2 Å². The van der Waals surface area contributed by atoms with Crippen LogP contribution in [0.1, 0.15) is 11.3 Å². The predicted molar refractivity (Wildman–Crippen MR) is 118 cm³/mol. The molecule has 2 aromatic heterocycles. The molecule has 0 fully saturated rings. The van der Waals surface area contributed by atoms with Crippen LogP contribution in [0.25, 0.3) is 11.4 Å². The normalized spacial score (nSPS) is 10.9. The summed E-state index contributed by atoms with van der Waals surface area (Å²) in [6.45, 7) is 0.442. The summed E-state index contributed by atoms with van der Waals surface area (Å²) < 4.78 is 6.98. The first kappa shape index (κ1) is 20.8. The molecule has 0 aliphatic carbocycles. The van der Waals surface area contributed by atoms with Crippen LogP contribution in [-0.4, -0.2) is 25.1 Å². The van der Waals surface area contributed by atoms with Crippen molar-refractivity contribution in [1.29, 1.82) is 0 Å². The Bertz CT molecular complexity index is 1260. The van der Waals surface area contributed by atoms with E-state index in [2.05, 4.69) is 15.6 Å². The molecule has 0 unspecified atom stereocenters. The van der Waals surface area contributed by atoms with Crippen LogP contribution in [0.4, 0.5) is 0 Å². The highest BCUT2D eigenvalue weighted by molar-refractivity contribution is 7.98. The van der Waals surface area contributed by atoms with Crippen molar-refractivity contribution in [3.63, 3.8) is 0 Å². The third-order valence-electron chi connectivity index (χ3n) is 4.34. The highest BCUT2D eigenvalue weighted by atomic mass is 35.5. The van der Waals surface area contributed by atoms with Crippen LogP contribution in [-0.2, 0) is 12.3 Å². The second kappa shape index (κ2) is 9.15. The molecule has 158 valence electrons. The maximum Gasteiger partial charge on any atom is 0.226 e. The quantitative estimate of drug-likeness (QED) is 0.357. The molecule has 0 bridgehead atoms. The number of nitrogens with one attached hydrogen (secondary N) is 1. The number of phenolic OH excluding ortho intramolecular Hbond substituents is 1. The molecule has 0 atom stereocenters. The second-order valence-electron chi connectivity index (χ2n) is 6.51. The van der Waals surface area contributed by atoms with Crippen molar-refractivity contribution in [2.24, 2.45) is 0 Å². The van der Waals surface area contributed by atoms with Gasteiger partial charge in [0.1, 0.15) is 17.8 Å². The van der Waals surface area contributed by atoms with Gasteiger partial charge in [0.05, 0.1) is 17.3 Å². The summed E-state index contributed by atoms with van der Waals surface area (Å²) in [7, 11) is 0. The number of hydrogen-bond acceptors (Lipinski definition) is 8. The van der Waals surface area contributed by atoms with Gasteiger partial charge in [0.15, 0.2) is 11.6 Å². The Balaban J connectivity index is 1.62. The van der Waals surface area contributed by atoms with Gasteiger partial charge in [0.2, 0.25) is 10.6 Å². The molecule has 4 aromatic rings. The van der Waals surface area contributed by atoms with E-state index in [1.165, 1.54) is 17.8 Å². The average Bonchev–Trinajstić information content (AvgIpc) is 3.17. The standard InChI is InChI=1S/C21H17ClN4O4S/c22-17-4-2-1-3-16(17)20-24-25-21(31-12-15-9-18(28)19(29)11-30-15)26(20)23-10-13-5-7-14(27)8-6-13/h1-9,11,23,27,29H,10,12H2. The summed E-state index contributed by atoms with van der Waals surface area (Å²) in [5.74, 6) is 0.973. The lowest BCUT2D eigenvalue weighted by Gasteiger charge is -2.13. The Hall–Kier alpha value is -3.43. The zero-order valence-corrected chi connectivity index (χ0v) is 17.6. The number of rotatable bonds is 7. The van der Waals surface area contributed by atoms with E-state index >= 15 is 0 Å². The van der Waals surface area contributed by atoms with Gasteiger partial charge in [0.25, 0.3) is 0 Å². The fourth-order valence-corrected chi connectivity index (χ4v) is 3.78. The maximum absolute atomic E-state index is 11.6. The third-order valence-corrected chi connectivity index (χ3v) is 5.62. The number of hydrogen-bond donors (Lipinski definition) is 3. The number of thioether (sulfide) groups is 1. The zero-order chi connectivity index (χ0) is 21.8. The number of halogens is 1. The summed E-state index contributed by atoms with van der Waals surface area (Å²) in [6.07, 6.45) is 1.02. The van der Waals surface area contributed by atoms with Gasteiger partial charge in [0, 0.05) is 11.6 Å². The molecule has 31 heavy (non-hydrogen) atoms. The fraction of sp³-hybridized carbons (Fsp3) is 0.0952. The van der Waals surface area contributed by atoms with E-state index in [1.807, 2.05) is 18.2 Å². The third kappa shape index (κ3) is 4.84. The van der Waals surface area contributed by atoms with Crippen LogP contribution in [0.5, 0.6) is 11.5 Å². The minimum atomic E-state index is -0.509. The smallest absolute Gasteiger partial charge is 0.226 e. The van der Waals surface area contributed by atoms with E-state index in [1.54, 1.807) is 35.0 Å². The first-order chi connectivity index (χ1) is 15.0. The van der Waals surface area contributed by atoms with Crippen LogP contribution >= 0.6 is 23.4 Å². The molecule has 0 saturated carbocycles. The Morgan fingerprint density at radius 2 is 1.87 bits per heavy atom. The summed E-state index contributed by atoms with van der Waals surface area (Å²) in [5, 5.41) is 28.4. The van der Waals surface area contributed by atoms with Crippen LogP contribution in [0.3, 0.4) is 0 Å². The molecule has 4 rings (SSSR count). The van der Waals surface area contributed by atoms with E-state index in [9.17, 15) is 15.0 Å². The molecular weight excluding hydrogens is 440 g/mol. The summed E-state index contributed by atoms with van der Waals surface area (Å²) in [5.41, 5.74) is 4.42. The molecule has 0 saturated heterocycles. The van der Waals surface area contributed by atoms with Crippen LogP contribution < -0.4 is 10.9 Å². The van der Waals surface area contributed by atoms with Gasteiger partial charge >= 0.3 is 0 Å². The second-order valence-corrected chi connectivity index (χ2v) is 7.86. The Morgan fingerprint density at radius 1 is 1.10 bits per heavy atom. The summed E-state index contributed by atoms with van der Waals surface area (Å²) in [4.78, 5) is 11.6. The van der Waals surface area contributed by atoms with Crippen molar-refractivity contribution in [1.82, 2.24) is 14.9 Å². The Morgan fingerprint density at radius 3 is 2.61 bits per heavy atom. The van der Waals surface area contributed by atoms with Crippen molar-refractivity contribution in [3.8, 4) is 22.9 Å². The zero-order valence-electron chi connectivity index (χ0n) is 16.0. The molecular formula is C21H17ClN4O4S. The molecule has 8 nitrogen and oxygen atoms in total. The predicted octanol–water partition coefficient (Wildman–Crippen LogP) is 4.00. The highest BCUT2D eigenvalue weighted by Gasteiger charge is 2.17. The molecule has 0 aliphatic rings. The van der Waals surface area contributed by atoms with Gasteiger partial charge in [-0.05, 0) is 29.8 Å².